The van der Waals surface area contributed by atoms with E-state index in [2.05, 4.69) is 10.6 Å². The number of anilines is 2. The average Bonchev–Trinajstić information content (AvgIpc) is 2.69. The van der Waals surface area contributed by atoms with E-state index in [1.54, 1.807) is 6.07 Å². The molecular weight excluding hydrogens is 377 g/mol. The monoisotopic (exact) mass is 399 g/mol. The van der Waals surface area contributed by atoms with Crippen LogP contribution < -0.4 is 25.0 Å². The molecule has 29 heavy (non-hydrogen) atoms. The summed E-state index contributed by atoms with van der Waals surface area (Å²) in [4.78, 5) is 25.8. The molecule has 1 atom stereocenters. The zero-order valence-electron chi connectivity index (χ0n) is 16.0. The van der Waals surface area contributed by atoms with Gasteiger partial charge in [0, 0.05) is 19.2 Å². The molecule has 2 aromatic rings. The Balaban J connectivity index is 1.63. The van der Waals surface area contributed by atoms with Gasteiger partial charge in [0.1, 0.15) is 23.9 Å². The van der Waals surface area contributed by atoms with E-state index in [1.807, 2.05) is 30.0 Å². The van der Waals surface area contributed by atoms with Crippen LogP contribution in [0.5, 0.6) is 11.5 Å². The minimum atomic E-state index is -0.375. The Morgan fingerprint density at radius 3 is 2.93 bits per heavy atom. The van der Waals surface area contributed by atoms with Crippen LogP contribution in [0, 0.1) is 5.82 Å². The number of amides is 2. The molecule has 2 N–H and O–H groups in total. The quantitative estimate of drug-likeness (QED) is 0.807. The van der Waals surface area contributed by atoms with E-state index in [0.717, 1.165) is 11.3 Å². The highest BCUT2D eigenvalue weighted by Gasteiger charge is 2.30. The smallest absolute Gasteiger partial charge is 0.262 e. The van der Waals surface area contributed by atoms with E-state index in [-0.39, 0.29) is 43.3 Å². The van der Waals surface area contributed by atoms with E-state index in [1.165, 1.54) is 12.1 Å². The lowest BCUT2D eigenvalue weighted by atomic mass is 10.1. The van der Waals surface area contributed by atoms with E-state index in [4.69, 9.17) is 9.47 Å². The van der Waals surface area contributed by atoms with Crippen molar-refractivity contribution in [2.24, 2.45) is 0 Å². The molecule has 0 spiro atoms. The van der Waals surface area contributed by atoms with Gasteiger partial charge < -0.3 is 25.0 Å². The molecule has 7 nitrogen and oxygen atoms in total. The van der Waals surface area contributed by atoms with Gasteiger partial charge in [0.2, 0.25) is 5.91 Å². The number of rotatable bonds is 5. The molecule has 2 aliphatic heterocycles. The lowest BCUT2D eigenvalue weighted by molar-refractivity contribution is -0.121. The van der Waals surface area contributed by atoms with Crippen LogP contribution in [0.3, 0.4) is 0 Å². The largest absolute Gasteiger partial charge is 0.489 e. The predicted octanol–water partition coefficient (Wildman–Crippen LogP) is 2.45. The third kappa shape index (κ3) is 4.11. The molecule has 0 saturated carbocycles. The van der Waals surface area contributed by atoms with Crippen LogP contribution in [0.15, 0.2) is 36.4 Å². The third-order valence-corrected chi connectivity index (χ3v) is 4.93. The van der Waals surface area contributed by atoms with Gasteiger partial charge in [0.05, 0.1) is 23.8 Å². The first-order valence-corrected chi connectivity index (χ1v) is 9.54. The fourth-order valence-electron chi connectivity index (χ4n) is 3.61. The molecular formula is C21H22FN3O4. The molecule has 0 aromatic heterocycles. The van der Waals surface area contributed by atoms with Crippen molar-refractivity contribution in [3.8, 4) is 11.5 Å². The van der Waals surface area contributed by atoms with Gasteiger partial charge in [-0.25, -0.2) is 4.39 Å². The van der Waals surface area contributed by atoms with Gasteiger partial charge >= 0.3 is 0 Å². The van der Waals surface area contributed by atoms with Crippen LogP contribution in [0.25, 0.3) is 0 Å². The van der Waals surface area contributed by atoms with Crippen LogP contribution >= 0.6 is 0 Å². The van der Waals surface area contributed by atoms with Gasteiger partial charge in [0.25, 0.3) is 5.91 Å². The minimum absolute atomic E-state index is 0.00334. The van der Waals surface area contributed by atoms with Gasteiger partial charge in [-0.1, -0.05) is 6.07 Å². The SMILES string of the molecule is CCNC(=O)C[C@@H]1COc2cc(F)ccc2N1Cc1ccc2c(c1)NC(=O)CO2. The zero-order chi connectivity index (χ0) is 20.4. The van der Waals surface area contributed by atoms with Crippen molar-refractivity contribution in [1.82, 2.24) is 5.32 Å². The number of nitrogens with one attached hydrogen (secondary N) is 2. The van der Waals surface area contributed by atoms with Crippen LogP contribution in [0.1, 0.15) is 18.9 Å². The van der Waals surface area contributed by atoms with Crippen molar-refractivity contribution in [3.63, 3.8) is 0 Å². The van der Waals surface area contributed by atoms with Crippen LogP contribution in [-0.2, 0) is 16.1 Å². The topological polar surface area (TPSA) is 79.9 Å². The highest BCUT2D eigenvalue weighted by molar-refractivity contribution is 5.95. The average molecular weight is 399 g/mol. The van der Waals surface area contributed by atoms with E-state index >= 15 is 0 Å². The van der Waals surface area contributed by atoms with Crippen LogP contribution in [0.4, 0.5) is 15.8 Å². The molecule has 8 heteroatoms. The lowest BCUT2D eigenvalue weighted by Crippen LogP contribution is -2.45. The highest BCUT2D eigenvalue weighted by Crippen LogP contribution is 2.37. The molecule has 4 rings (SSSR count). The van der Waals surface area contributed by atoms with Crippen molar-refractivity contribution in [2.45, 2.75) is 25.9 Å². The molecule has 2 amide bonds. The van der Waals surface area contributed by atoms with Gasteiger partial charge in [-0.2, -0.15) is 0 Å². The molecule has 0 saturated heterocycles. The number of ether oxygens (including phenoxy) is 2. The molecule has 0 fully saturated rings. The summed E-state index contributed by atoms with van der Waals surface area (Å²) in [5.74, 6) is 0.432. The Morgan fingerprint density at radius 2 is 2.10 bits per heavy atom. The minimum Gasteiger partial charge on any atom is -0.489 e. The fraction of sp³-hybridized carbons (Fsp3) is 0.333. The number of carbonyl (C=O) groups is 2. The van der Waals surface area contributed by atoms with Crippen LogP contribution in [-0.4, -0.2) is 37.6 Å². The van der Waals surface area contributed by atoms with Crippen LogP contribution in [0.2, 0.25) is 0 Å². The second-order valence-electron chi connectivity index (χ2n) is 7.03. The summed E-state index contributed by atoms with van der Waals surface area (Å²) < 4.78 is 24.8. The number of halogens is 1. The second kappa shape index (κ2) is 7.98. The summed E-state index contributed by atoms with van der Waals surface area (Å²) in [5, 5.41) is 5.61. The van der Waals surface area contributed by atoms with Gasteiger partial charge in [-0.05, 0) is 36.8 Å². The number of fused-ring (bicyclic) bond motifs is 2. The fourth-order valence-corrected chi connectivity index (χ4v) is 3.61. The number of carbonyl (C=O) groups excluding carboxylic acids is 2. The molecule has 2 aliphatic rings. The van der Waals surface area contributed by atoms with Crippen molar-refractivity contribution >= 4 is 23.2 Å². The van der Waals surface area contributed by atoms with Crippen molar-refractivity contribution in [1.29, 1.82) is 0 Å². The number of hydrogen-bond donors (Lipinski definition) is 2. The van der Waals surface area contributed by atoms with E-state index in [9.17, 15) is 14.0 Å². The number of nitrogens with zero attached hydrogens (tertiary/aromatic N) is 1. The van der Waals surface area contributed by atoms with Gasteiger partial charge in [0.15, 0.2) is 6.61 Å². The number of hydrogen-bond acceptors (Lipinski definition) is 5. The summed E-state index contributed by atoms with van der Waals surface area (Å²) in [6.07, 6.45) is 0.259. The Labute approximate surface area is 167 Å². The molecule has 0 unspecified atom stereocenters. The molecule has 152 valence electrons. The standard InChI is InChI=1S/C21H22FN3O4/c1-2-23-20(26)9-15-11-28-19-8-14(22)4-5-17(19)25(15)10-13-3-6-18-16(7-13)24-21(27)12-29-18/h3-8,15H,2,9-12H2,1H3,(H,23,26)(H,24,27)/t15-/m1/s1. The van der Waals surface area contributed by atoms with Gasteiger partial charge in [-0.3, -0.25) is 9.59 Å². The van der Waals surface area contributed by atoms with Crippen molar-refractivity contribution in [3.05, 3.63) is 47.8 Å². The molecule has 0 radical (unpaired) electrons. The molecule has 0 bridgehead atoms. The Bertz CT molecular complexity index is 950. The molecule has 2 aromatic carbocycles. The molecule has 0 aliphatic carbocycles. The first-order chi connectivity index (χ1) is 14.0. The predicted molar refractivity (Wildman–Crippen MR) is 106 cm³/mol. The normalized spacial score (nSPS) is 17.4. The summed E-state index contributed by atoms with van der Waals surface area (Å²) in [6, 6.07) is 9.77. The second-order valence-corrected chi connectivity index (χ2v) is 7.03. The first kappa shape index (κ1) is 19.0. The van der Waals surface area contributed by atoms with E-state index < -0.39 is 0 Å². The maximum Gasteiger partial charge on any atom is 0.262 e. The lowest BCUT2D eigenvalue weighted by Gasteiger charge is -2.38. The summed E-state index contributed by atoms with van der Waals surface area (Å²) in [6.45, 7) is 3.17. The Morgan fingerprint density at radius 1 is 1.24 bits per heavy atom. The summed E-state index contributed by atoms with van der Waals surface area (Å²) in [5.41, 5.74) is 2.27. The Kier molecular flexibility index (Phi) is 5.24. The van der Waals surface area contributed by atoms with Crippen molar-refractivity contribution < 1.29 is 23.5 Å². The Hall–Kier alpha value is -3.29. The molecule has 2 heterocycles. The first-order valence-electron chi connectivity index (χ1n) is 9.54. The summed E-state index contributed by atoms with van der Waals surface area (Å²) in [7, 11) is 0. The maximum atomic E-state index is 13.7. The summed E-state index contributed by atoms with van der Waals surface area (Å²) >= 11 is 0. The zero-order valence-corrected chi connectivity index (χ0v) is 16.0. The van der Waals surface area contributed by atoms with Gasteiger partial charge in [-0.15, -0.1) is 0 Å². The highest BCUT2D eigenvalue weighted by atomic mass is 19.1. The third-order valence-electron chi connectivity index (χ3n) is 4.93. The van der Waals surface area contributed by atoms with Crippen molar-refractivity contribution in [2.75, 3.05) is 30.0 Å². The maximum absolute atomic E-state index is 13.7. The number of benzene rings is 2. The van der Waals surface area contributed by atoms with E-state index in [0.29, 0.717) is 30.3 Å².